The van der Waals surface area contributed by atoms with Gasteiger partial charge >= 0.3 is 0 Å². The lowest BCUT2D eigenvalue weighted by Crippen LogP contribution is -2.44. The van der Waals surface area contributed by atoms with Gasteiger partial charge in [-0.25, -0.2) is 38.4 Å². The molecule has 0 aliphatic rings. The van der Waals surface area contributed by atoms with Gasteiger partial charge in [-0.15, -0.1) is 0 Å². The number of rotatable bonds is 17. The fourth-order valence-corrected chi connectivity index (χ4v) is 6.93. The van der Waals surface area contributed by atoms with Crippen molar-refractivity contribution in [3.63, 3.8) is 0 Å². The molecular formula is C53H68F2N16O7. The summed E-state index contributed by atoms with van der Waals surface area (Å²) in [6, 6.07) is 16.8. The number of amides is 3. The minimum atomic E-state index is -0.651. The molecule has 0 unspecified atom stereocenters. The molecule has 0 radical (unpaired) electrons. The van der Waals surface area contributed by atoms with Gasteiger partial charge in [0.2, 0.25) is 5.91 Å². The van der Waals surface area contributed by atoms with Crippen molar-refractivity contribution in [2.24, 2.45) is 18.5 Å². The van der Waals surface area contributed by atoms with Crippen molar-refractivity contribution < 1.29 is 42.1 Å². The second-order valence-electron chi connectivity index (χ2n) is 16.9. The van der Waals surface area contributed by atoms with E-state index >= 15 is 0 Å². The molecule has 78 heavy (non-hydrogen) atoms. The maximum atomic E-state index is 13.6. The molecule has 5 aromatic heterocycles. The molecule has 7 aromatic rings. The van der Waals surface area contributed by atoms with Gasteiger partial charge in [0.25, 0.3) is 17.7 Å². The quantitative estimate of drug-likeness (QED) is 0.0417. The highest BCUT2D eigenvalue weighted by atomic mass is 19.1. The Bertz CT molecular complexity index is 3170. The number of hydrogen-bond donors (Lipinski definition) is 8. The zero-order valence-electron chi connectivity index (χ0n) is 46.1. The van der Waals surface area contributed by atoms with E-state index in [0.29, 0.717) is 80.1 Å². The Balaban J connectivity index is 0.000000280. The summed E-state index contributed by atoms with van der Waals surface area (Å²) in [7, 11) is 14.8. The first-order valence-corrected chi connectivity index (χ1v) is 23.9. The largest absolute Gasteiger partial charge is 0.494 e. The van der Waals surface area contributed by atoms with Crippen molar-refractivity contribution in [1.29, 1.82) is 0 Å². The molecule has 416 valence electrons. The number of methoxy groups -OCH3 is 4. The third kappa shape index (κ3) is 16.1. The Morgan fingerprint density at radius 1 is 0.654 bits per heavy atom. The highest BCUT2D eigenvalue weighted by Gasteiger charge is 2.25. The van der Waals surface area contributed by atoms with E-state index in [1.807, 2.05) is 65.0 Å². The maximum Gasteiger partial charge on any atom is 0.254 e. The van der Waals surface area contributed by atoms with Crippen molar-refractivity contribution in [2.75, 3.05) is 84.4 Å². The van der Waals surface area contributed by atoms with Crippen LogP contribution in [0.25, 0.3) is 11.4 Å². The van der Waals surface area contributed by atoms with Gasteiger partial charge in [-0.2, -0.15) is 5.10 Å². The van der Waals surface area contributed by atoms with Gasteiger partial charge in [-0.1, -0.05) is 19.1 Å². The smallest absolute Gasteiger partial charge is 0.254 e. The molecule has 0 aliphatic carbocycles. The zero-order valence-corrected chi connectivity index (χ0v) is 46.1. The Labute approximate surface area is 451 Å². The molecule has 5 heterocycles. The highest BCUT2D eigenvalue weighted by Crippen LogP contribution is 2.38. The maximum absolute atomic E-state index is 13.6. The van der Waals surface area contributed by atoms with Crippen molar-refractivity contribution in [2.45, 2.75) is 40.5 Å². The number of halogens is 2. The van der Waals surface area contributed by atoms with Crippen LogP contribution in [0.3, 0.4) is 0 Å². The summed E-state index contributed by atoms with van der Waals surface area (Å²) in [5.74, 6) is 0.896. The Hall–Kier alpha value is -8.91. The summed E-state index contributed by atoms with van der Waals surface area (Å²) in [4.78, 5) is 59.5. The number of nitrogens with one attached hydrogen (secondary N) is 6. The molecule has 0 aliphatic heterocycles. The first-order chi connectivity index (χ1) is 37.1. The number of nitrogens with two attached hydrogens (primary N) is 2. The normalized spacial score (nSPS) is 10.6. The average molecular weight is 1080 g/mol. The lowest BCUT2D eigenvalue weighted by Gasteiger charge is -2.32. The topological polar surface area (TPSA) is 298 Å². The number of carbonyl (C=O) groups excluding carboxylic acids is 3. The number of carbonyl (C=O) groups is 3. The number of aromatic nitrogens is 7. The van der Waals surface area contributed by atoms with Crippen molar-refractivity contribution in [3.05, 3.63) is 131 Å². The fourth-order valence-electron chi connectivity index (χ4n) is 6.93. The minimum Gasteiger partial charge on any atom is -0.494 e. The third-order valence-electron chi connectivity index (χ3n) is 11.3. The molecule has 0 fully saturated rings. The highest BCUT2D eigenvalue weighted by molar-refractivity contribution is 6.02. The zero-order chi connectivity index (χ0) is 57.9. The van der Waals surface area contributed by atoms with Crippen LogP contribution >= 0.6 is 0 Å². The van der Waals surface area contributed by atoms with E-state index in [0.717, 1.165) is 24.5 Å². The van der Waals surface area contributed by atoms with E-state index in [4.69, 9.17) is 30.4 Å². The van der Waals surface area contributed by atoms with Crippen molar-refractivity contribution in [1.82, 2.24) is 50.2 Å². The molecule has 10 N–H and O–H groups in total. The van der Waals surface area contributed by atoms with E-state index < -0.39 is 23.5 Å². The second kappa shape index (κ2) is 28.8. The Morgan fingerprint density at radius 3 is 1.44 bits per heavy atom. The monoisotopic (exact) mass is 1080 g/mol. The number of benzene rings is 2. The fraction of sp³-hybridized carbons (Fsp3) is 0.302. The van der Waals surface area contributed by atoms with Crippen LogP contribution in [0, 0.1) is 32.4 Å². The van der Waals surface area contributed by atoms with E-state index in [9.17, 15) is 23.2 Å². The average Bonchev–Trinajstić information content (AvgIpc) is 3.78. The van der Waals surface area contributed by atoms with E-state index in [-0.39, 0.29) is 28.7 Å². The van der Waals surface area contributed by atoms with Gasteiger partial charge in [-0.3, -0.25) is 19.3 Å². The van der Waals surface area contributed by atoms with Gasteiger partial charge in [0.15, 0.2) is 17.3 Å². The molecule has 0 spiro atoms. The number of ether oxygens (including phenoxy) is 4. The number of anilines is 8. The molecule has 0 saturated carbocycles. The molecule has 7 rings (SSSR count). The SMILES string of the molecule is CCN.CNC(=O)c1cnc(Nc2cc(C)c(F)cn2)cc1Nc1cccc(-c2nc(C)nn2C)c1OC.CNC(=O)c1cnc(Nc2cc(C)c(F)cn2)cc1Nc1cccc(C(N)=O)c1OC.COC(C)(OC)N(C)C. The van der Waals surface area contributed by atoms with Gasteiger partial charge < -0.3 is 62.3 Å². The van der Waals surface area contributed by atoms with Gasteiger partial charge in [0, 0.05) is 66.8 Å². The number of para-hydroxylation sites is 2. The molecule has 2 aromatic carbocycles. The minimum absolute atomic E-state index is 0.187. The van der Waals surface area contributed by atoms with Gasteiger partial charge in [0.05, 0.1) is 71.6 Å². The number of aryl methyl sites for hydroxylation is 4. The van der Waals surface area contributed by atoms with Crippen molar-refractivity contribution >= 4 is 63.7 Å². The summed E-state index contributed by atoms with van der Waals surface area (Å²) >= 11 is 0. The van der Waals surface area contributed by atoms with E-state index in [1.165, 1.54) is 38.7 Å². The Morgan fingerprint density at radius 2 is 1.08 bits per heavy atom. The summed E-state index contributed by atoms with van der Waals surface area (Å²) in [6.45, 7) is 9.59. The lowest BCUT2D eigenvalue weighted by molar-refractivity contribution is -0.270. The van der Waals surface area contributed by atoms with Gasteiger partial charge in [0.1, 0.15) is 40.7 Å². The van der Waals surface area contributed by atoms with E-state index in [1.54, 1.807) is 77.2 Å². The number of pyridine rings is 4. The third-order valence-corrected chi connectivity index (χ3v) is 11.3. The van der Waals surface area contributed by atoms with E-state index in [2.05, 4.69) is 61.9 Å². The number of hydrogen-bond acceptors (Lipinski definition) is 19. The summed E-state index contributed by atoms with van der Waals surface area (Å²) in [6.07, 6.45) is 5.07. The van der Waals surface area contributed by atoms with Crippen LogP contribution in [0.15, 0.2) is 85.5 Å². The standard InChI is InChI=1S/C24H25FN8O2.C21H21FN6O3.C6H15NO2.C2H7N/c1-13-9-20(28-12-17(13)25)31-21-10-19(16(11-27-21)24(34)26-3)30-18-8-6-7-15(22(18)35-5)23-29-14(2)32-33(23)4;1-11-7-17(26-10-14(11)22)28-18-8-16(13(9-25-18)21(30)24-2)27-15-6-4-5-12(20(23)29)19(15)31-3;1-6(8-4,9-5)7(2)3;1-2-3/h6-12H,1-5H3,(H,26,34)(H2,27,28,30,31);4-10H,1-3H3,(H2,23,29)(H,24,30)(H2,25,26,27,28);1-5H3;2-3H2,1H3. The van der Waals surface area contributed by atoms with Crippen LogP contribution in [0.5, 0.6) is 11.5 Å². The van der Waals surface area contributed by atoms with Crippen LogP contribution in [-0.4, -0.2) is 126 Å². The molecule has 3 amide bonds. The summed E-state index contributed by atoms with van der Waals surface area (Å²) < 4.78 is 49.9. The molecule has 25 heteroatoms. The molecular weight excluding hydrogens is 1010 g/mol. The molecule has 0 bridgehead atoms. The lowest BCUT2D eigenvalue weighted by atomic mass is 10.1. The molecule has 23 nitrogen and oxygen atoms in total. The van der Waals surface area contributed by atoms with Crippen LogP contribution in [-0.2, 0) is 16.5 Å². The molecule has 0 saturated heterocycles. The van der Waals surface area contributed by atoms with Crippen LogP contribution in [0.4, 0.5) is 54.8 Å². The first-order valence-electron chi connectivity index (χ1n) is 23.9. The predicted octanol–water partition coefficient (Wildman–Crippen LogP) is 7.24. The second-order valence-corrected chi connectivity index (χ2v) is 16.9. The Kier molecular flexibility index (Phi) is 22.8. The van der Waals surface area contributed by atoms with Crippen LogP contribution in [0.1, 0.15) is 61.9 Å². The van der Waals surface area contributed by atoms with Crippen molar-refractivity contribution in [3.8, 4) is 22.9 Å². The number of nitrogens with zero attached hydrogens (tertiary/aromatic N) is 8. The van der Waals surface area contributed by atoms with Gasteiger partial charge in [-0.05, 0) is 88.9 Å². The van der Waals surface area contributed by atoms with Crippen LogP contribution in [0.2, 0.25) is 0 Å². The number of primary amides is 1. The summed E-state index contributed by atoms with van der Waals surface area (Å²) in [5, 5.41) is 21.9. The molecule has 0 atom stereocenters. The first kappa shape index (κ1) is 61.6. The van der Waals surface area contributed by atoms with Crippen LogP contribution < -0.4 is 52.8 Å². The predicted molar refractivity (Wildman–Crippen MR) is 296 cm³/mol. The summed E-state index contributed by atoms with van der Waals surface area (Å²) in [5.41, 5.74) is 14.5.